The number of methoxy groups -OCH3 is 2. The highest BCUT2D eigenvalue weighted by atomic mass is 16.7. The molecule has 1 N–H and O–H groups in total. The monoisotopic (exact) mass is 341 g/mol. The maximum atomic E-state index is 12.2. The average molecular weight is 341 g/mol. The lowest BCUT2D eigenvalue weighted by atomic mass is 10.2. The molecule has 0 atom stereocenters. The molecule has 0 amide bonds. The summed E-state index contributed by atoms with van der Waals surface area (Å²) in [6.07, 6.45) is 0. The van der Waals surface area contributed by atoms with Crippen molar-refractivity contribution in [2.45, 2.75) is 6.61 Å². The fraction of sp³-hybridized carbons (Fsp3) is 0.211. The molecule has 0 unspecified atom stereocenters. The minimum atomic E-state index is -0.374. The second kappa shape index (κ2) is 7.72. The zero-order valence-electron chi connectivity index (χ0n) is 14.1. The molecule has 3 aromatic rings. The molecule has 0 saturated carbocycles. The fourth-order valence-electron chi connectivity index (χ4n) is 2.51. The zero-order valence-corrected chi connectivity index (χ0v) is 14.1. The molecule has 3 rings (SSSR count). The first kappa shape index (κ1) is 16.9. The number of hydrogen-bond acceptors (Lipinski definition) is 5. The summed E-state index contributed by atoms with van der Waals surface area (Å²) in [5.41, 5.74) is 1.29. The molecule has 0 bridgehead atoms. The number of aromatic nitrogens is 1. The van der Waals surface area contributed by atoms with Crippen molar-refractivity contribution in [3.63, 3.8) is 0 Å². The number of pyridine rings is 1. The van der Waals surface area contributed by atoms with Crippen molar-refractivity contribution in [3.8, 4) is 17.2 Å². The van der Waals surface area contributed by atoms with Crippen LogP contribution in [0.3, 0.4) is 0 Å². The predicted molar refractivity (Wildman–Crippen MR) is 94.4 cm³/mol. The van der Waals surface area contributed by atoms with E-state index in [0.717, 1.165) is 5.56 Å². The van der Waals surface area contributed by atoms with Gasteiger partial charge in [-0.25, -0.2) is 0 Å². The molecular formula is C19H19NO5. The van der Waals surface area contributed by atoms with Gasteiger partial charge in [0, 0.05) is 18.6 Å². The lowest BCUT2D eigenvalue weighted by Crippen LogP contribution is -2.13. The predicted octanol–water partition coefficient (Wildman–Crippen LogP) is 3.10. The average Bonchev–Trinajstić information content (AvgIpc) is 2.64. The van der Waals surface area contributed by atoms with Crippen LogP contribution in [0.15, 0.2) is 53.3 Å². The van der Waals surface area contributed by atoms with E-state index in [1.165, 1.54) is 14.2 Å². The summed E-state index contributed by atoms with van der Waals surface area (Å²) in [6.45, 7) is 0.459. The van der Waals surface area contributed by atoms with E-state index in [9.17, 15) is 4.79 Å². The van der Waals surface area contributed by atoms with Crippen molar-refractivity contribution in [2.75, 3.05) is 21.0 Å². The standard InChI is InChI=1S/C19H19NO5/c1-22-12-25-17-15-9-8-14(24-11-13-6-4-3-5-7-13)10-16(15)20-19(21)18(17)23-2/h3-10H,11-12H2,1-2H3,(H,20,21). The molecule has 0 spiro atoms. The molecule has 0 aliphatic heterocycles. The topological polar surface area (TPSA) is 69.8 Å². The van der Waals surface area contributed by atoms with Gasteiger partial charge >= 0.3 is 0 Å². The van der Waals surface area contributed by atoms with Gasteiger partial charge in [0.2, 0.25) is 5.75 Å². The highest BCUT2D eigenvalue weighted by Gasteiger charge is 2.15. The first-order valence-corrected chi connectivity index (χ1v) is 7.75. The van der Waals surface area contributed by atoms with Crippen LogP contribution in [0.1, 0.15) is 5.56 Å². The number of benzene rings is 2. The van der Waals surface area contributed by atoms with Crippen LogP contribution in [0.4, 0.5) is 0 Å². The van der Waals surface area contributed by atoms with Gasteiger partial charge in [-0.2, -0.15) is 0 Å². The van der Waals surface area contributed by atoms with E-state index < -0.39 is 0 Å². The summed E-state index contributed by atoms with van der Waals surface area (Å²) in [5.74, 6) is 1.11. The van der Waals surface area contributed by atoms with E-state index in [1.54, 1.807) is 6.07 Å². The van der Waals surface area contributed by atoms with Crippen LogP contribution in [0.5, 0.6) is 17.2 Å². The Kier molecular flexibility index (Phi) is 5.20. The van der Waals surface area contributed by atoms with Gasteiger partial charge in [0.05, 0.1) is 12.6 Å². The Balaban J connectivity index is 1.93. The molecule has 0 saturated heterocycles. The maximum absolute atomic E-state index is 12.2. The van der Waals surface area contributed by atoms with Crippen LogP contribution in [0, 0.1) is 0 Å². The first-order chi connectivity index (χ1) is 12.2. The van der Waals surface area contributed by atoms with Gasteiger partial charge in [-0.1, -0.05) is 30.3 Å². The molecule has 25 heavy (non-hydrogen) atoms. The number of fused-ring (bicyclic) bond motifs is 1. The van der Waals surface area contributed by atoms with Crippen molar-refractivity contribution in [3.05, 3.63) is 64.4 Å². The largest absolute Gasteiger partial charge is 0.489 e. The van der Waals surface area contributed by atoms with E-state index in [0.29, 0.717) is 29.0 Å². The number of H-pyrrole nitrogens is 1. The third-order valence-corrected chi connectivity index (χ3v) is 3.67. The van der Waals surface area contributed by atoms with Crippen LogP contribution < -0.4 is 19.8 Å². The second-order valence-electron chi connectivity index (χ2n) is 5.35. The lowest BCUT2D eigenvalue weighted by molar-refractivity contribution is 0.0501. The van der Waals surface area contributed by atoms with Crippen LogP contribution in [0.2, 0.25) is 0 Å². The first-order valence-electron chi connectivity index (χ1n) is 7.75. The second-order valence-corrected chi connectivity index (χ2v) is 5.35. The van der Waals surface area contributed by atoms with Crippen LogP contribution in [0.25, 0.3) is 10.9 Å². The lowest BCUT2D eigenvalue weighted by Gasteiger charge is -2.13. The molecule has 130 valence electrons. The Labute approximate surface area is 144 Å². The van der Waals surface area contributed by atoms with E-state index in [4.69, 9.17) is 18.9 Å². The summed E-state index contributed by atoms with van der Waals surface area (Å²) in [6, 6.07) is 15.3. The summed E-state index contributed by atoms with van der Waals surface area (Å²) in [4.78, 5) is 15.0. The quantitative estimate of drug-likeness (QED) is 0.669. The fourth-order valence-corrected chi connectivity index (χ4v) is 2.51. The van der Waals surface area contributed by atoms with Gasteiger partial charge in [0.1, 0.15) is 12.4 Å². The van der Waals surface area contributed by atoms with Crippen molar-refractivity contribution >= 4 is 10.9 Å². The SMILES string of the molecule is COCOc1c(OC)c(=O)[nH]c2cc(OCc3ccccc3)ccc12. The van der Waals surface area contributed by atoms with Crippen LogP contribution in [-0.4, -0.2) is 26.0 Å². The third kappa shape index (κ3) is 3.75. The molecule has 6 nitrogen and oxygen atoms in total. The zero-order chi connectivity index (χ0) is 17.6. The summed E-state index contributed by atoms with van der Waals surface area (Å²) in [7, 11) is 2.94. The van der Waals surface area contributed by atoms with Crippen molar-refractivity contribution in [2.24, 2.45) is 0 Å². The smallest absolute Gasteiger partial charge is 0.294 e. The minimum Gasteiger partial charge on any atom is -0.489 e. The van der Waals surface area contributed by atoms with Gasteiger partial charge < -0.3 is 23.9 Å². The number of hydrogen-bond donors (Lipinski definition) is 1. The van der Waals surface area contributed by atoms with Gasteiger partial charge in [0.25, 0.3) is 5.56 Å². The van der Waals surface area contributed by atoms with Gasteiger partial charge in [-0.05, 0) is 17.7 Å². The third-order valence-electron chi connectivity index (χ3n) is 3.67. The molecule has 6 heteroatoms. The van der Waals surface area contributed by atoms with E-state index in [2.05, 4.69) is 4.98 Å². The van der Waals surface area contributed by atoms with Gasteiger partial charge in [0.15, 0.2) is 12.5 Å². The Bertz CT molecular complexity index is 905. The van der Waals surface area contributed by atoms with Gasteiger partial charge in [-0.15, -0.1) is 0 Å². The molecule has 0 aliphatic rings. The Morgan fingerprint density at radius 1 is 0.960 bits per heavy atom. The highest BCUT2D eigenvalue weighted by molar-refractivity contribution is 5.88. The normalized spacial score (nSPS) is 10.6. The highest BCUT2D eigenvalue weighted by Crippen LogP contribution is 2.33. The Hall–Kier alpha value is -2.99. The number of rotatable bonds is 7. The molecule has 1 aromatic heterocycles. The molecular weight excluding hydrogens is 322 g/mol. The molecule has 0 radical (unpaired) electrons. The molecule has 0 aliphatic carbocycles. The van der Waals surface area contributed by atoms with Crippen molar-refractivity contribution in [1.82, 2.24) is 4.98 Å². The minimum absolute atomic E-state index is 0.0151. The van der Waals surface area contributed by atoms with Crippen molar-refractivity contribution in [1.29, 1.82) is 0 Å². The number of nitrogens with one attached hydrogen (secondary N) is 1. The number of ether oxygens (including phenoxy) is 4. The number of aromatic amines is 1. The van der Waals surface area contributed by atoms with Crippen molar-refractivity contribution < 1.29 is 18.9 Å². The van der Waals surface area contributed by atoms with Crippen LogP contribution >= 0.6 is 0 Å². The summed E-state index contributed by atoms with van der Waals surface area (Å²) >= 11 is 0. The van der Waals surface area contributed by atoms with Gasteiger partial charge in [-0.3, -0.25) is 4.79 Å². The summed E-state index contributed by atoms with van der Waals surface area (Å²) in [5, 5.41) is 0.709. The van der Waals surface area contributed by atoms with E-state index in [1.807, 2.05) is 42.5 Å². The Morgan fingerprint density at radius 3 is 2.48 bits per heavy atom. The maximum Gasteiger partial charge on any atom is 0.294 e. The molecule has 1 heterocycles. The molecule has 0 fully saturated rings. The molecule has 2 aromatic carbocycles. The van der Waals surface area contributed by atoms with Crippen LogP contribution in [-0.2, 0) is 11.3 Å². The van der Waals surface area contributed by atoms with E-state index >= 15 is 0 Å². The Morgan fingerprint density at radius 2 is 1.76 bits per heavy atom. The van der Waals surface area contributed by atoms with E-state index in [-0.39, 0.29) is 18.1 Å². The summed E-state index contributed by atoms with van der Waals surface area (Å²) < 4.78 is 21.4.